The molecule has 8 heteroatoms. The average molecular weight is 376 g/mol. The Morgan fingerprint density at radius 1 is 1.31 bits per heavy atom. The Morgan fingerprint density at radius 3 is 2.81 bits per heavy atom. The van der Waals surface area contributed by atoms with Crippen LogP contribution in [0.1, 0.15) is 39.0 Å². The summed E-state index contributed by atoms with van der Waals surface area (Å²) >= 11 is 1.22. The summed E-state index contributed by atoms with van der Waals surface area (Å²) in [5, 5.41) is 11.8. The van der Waals surface area contributed by atoms with Gasteiger partial charge in [-0.25, -0.2) is 4.39 Å². The summed E-state index contributed by atoms with van der Waals surface area (Å²) in [6.07, 6.45) is 3.75. The lowest BCUT2D eigenvalue weighted by atomic mass is 10.2. The highest BCUT2D eigenvalue weighted by Crippen LogP contribution is 2.27. The van der Waals surface area contributed by atoms with Gasteiger partial charge >= 0.3 is 0 Å². The van der Waals surface area contributed by atoms with E-state index in [1.807, 2.05) is 6.92 Å². The second-order valence-corrected chi connectivity index (χ2v) is 7.23. The van der Waals surface area contributed by atoms with E-state index in [-0.39, 0.29) is 17.6 Å². The predicted molar refractivity (Wildman–Crippen MR) is 98.2 cm³/mol. The molecule has 0 saturated carbocycles. The summed E-state index contributed by atoms with van der Waals surface area (Å²) in [5.41, 5.74) is 0.738. The largest absolute Gasteiger partial charge is 0.331 e. The maximum absolute atomic E-state index is 13.0. The first kappa shape index (κ1) is 18.4. The molecule has 1 aromatic carbocycles. The summed E-state index contributed by atoms with van der Waals surface area (Å²) in [5.74, 6) is -0.510. The van der Waals surface area contributed by atoms with Gasteiger partial charge in [-0.2, -0.15) is 0 Å². The van der Waals surface area contributed by atoms with Crippen molar-refractivity contribution in [3.63, 3.8) is 0 Å². The van der Waals surface area contributed by atoms with Crippen molar-refractivity contribution in [3.8, 4) is 10.6 Å². The summed E-state index contributed by atoms with van der Waals surface area (Å²) in [7, 11) is 0. The second kappa shape index (κ2) is 8.35. The van der Waals surface area contributed by atoms with Crippen LogP contribution >= 0.6 is 11.3 Å². The standard InChI is InChI=1S/C18H21FN4O2S/c1-2-3-6-15(24)23-11-4-5-14(23)16(25)20-18-22-21-17(26-18)12-7-9-13(19)10-8-12/h7-10,14H,2-6,11H2,1H3,(H,20,22,25)/t14-/m1/s1. The van der Waals surface area contributed by atoms with Gasteiger partial charge in [0.2, 0.25) is 16.9 Å². The number of carbonyl (C=O) groups excluding carboxylic acids is 2. The molecule has 0 bridgehead atoms. The number of likely N-dealkylation sites (tertiary alicyclic amines) is 1. The molecule has 2 heterocycles. The van der Waals surface area contributed by atoms with Gasteiger partial charge < -0.3 is 4.90 Å². The molecule has 6 nitrogen and oxygen atoms in total. The number of hydrogen-bond donors (Lipinski definition) is 1. The van der Waals surface area contributed by atoms with Crippen molar-refractivity contribution in [1.29, 1.82) is 0 Å². The Labute approximate surface area is 155 Å². The van der Waals surface area contributed by atoms with E-state index >= 15 is 0 Å². The molecule has 2 amide bonds. The fourth-order valence-electron chi connectivity index (χ4n) is 2.98. The minimum Gasteiger partial charge on any atom is -0.331 e. The molecule has 2 aromatic rings. The number of anilines is 1. The number of halogens is 1. The Hall–Kier alpha value is -2.35. The Bertz CT molecular complexity index is 778. The zero-order valence-corrected chi connectivity index (χ0v) is 15.4. The number of unbranched alkanes of at least 4 members (excludes halogenated alkanes) is 1. The van der Waals surface area contributed by atoms with Gasteiger partial charge in [-0.1, -0.05) is 24.7 Å². The van der Waals surface area contributed by atoms with Crippen LogP contribution in [-0.4, -0.2) is 39.5 Å². The molecule has 1 aromatic heterocycles. The van der Waals surface area contributed by atoms with Gasteiger partial charge in [0.1, 0.15) is 16.9 Å². The van der Waals surface area contributed by atoms with E-state index in [4.69, 9.17) is 0 Å². The van der Waals surface area contributed by atoms with Crippen molar-refractivity contribution in [2.75, 3.05) is 11.9 Å². The molecule has 1 aliphatic heterocycles. The Kier molecular flexibility index (Phi) is 5.92. The van der Waals surface area contributed by atoms with E-state index in [1.165, 1.54) is 23.5 Å². The molecule has 1 aliphatic rings. The number of amides is 2. The SMILES string of the molecule is CCCCC(=O)N1CCC[C@@H]1C(=O)Nc1nnc(-c2ccc(F)cc2)s1. The summed E-state index contributed by atoms with van der Waals surface area (Å²) in [4.78, 5) is 26.5. The molecule has 1 atom stereocenters. The molecule has 1 saturated heterocycles. The number of benzene rings is 1. The van der Waals surface area contributed by atoms with Gasteiger partial charge in [-0.3, -0.25) is 14.9 Å². The zero-order valence-electron chi connectivity index (χ0n) is 14.6. The third-order valence-electron chi connectivity index (χ3n) is 4.37. The normalized spacial score (nSPS) is 16.7. The quantitative estimate of drug-likeness (QED) is 0.838. The molecule has 138 valence electrons. The third kappa shape index (κ3) is 4.24. The van der Waals surface area contributed by atoms with Crippen molar-refractivity contribution >= 4 is 28.3 Å². The van der Waals surface area contributed by atoms with E-state index in [9.17, 15) is 14.0 Å². The predicted octanol–water partition coefficient (Wildman–Crippen LogP) is 3.46. The van der Waals surface area contributed by atoms with Crippen LogP contribution in [0.4, 0.5) is 9.52 Å². The first-order valence-electron chi connectivity index (χ1n) is 8.78. The van der Waals surface area contributed by atoms with E-state index in [0.29, 0.717) is 29.5 Å². The van der Waals surface area contributed by atoms with Crippen LogP contribution in [0.15, 0.2) is 24.3 Å². The number of nitrogens with zero attached hydrogens (tertiary/aromatic N) is 3. The van der Waals surface area contributed by atoms with E-state index < -0.39 is 6.04 Å². The summed E-state index contributed by atoms with van der Waals surface area (Å²) in [6.45, 7) is 2.66. The third-order valence-corrected chi connectivity index (χ3v) is 5.25. The van der Waals surface area contributed by atoms with Crippen LogP contribution in [-0.2, 0) is 9.59 Å². The minimum absolute atomic E-state index is 0.0359. The number of hydrogen-bond acceptors (Lipinski definition) is 5. The second-order valence-electron chi connectivity index (χ2n) is 6.26. The fraction of sp³-hybridized carbons (Fsp3) is 0.444. The molecular formula is C18H21FN4O2S. The number of aromatic nitrogens is 2. The molecule has 3 rings (SSSR count). The smallest absolute Gasteiger partial charge is 0.249 e. The lowest BCUT2D eigenvalue weighted by Gasteiger charge is -2.23. The van der Waals surface area contributed by atoms with Crippen molar-refractivity contribution in [3.05, 3.63) is 30.1 Å². The average Bonchev–Trinajstić information content (AvgIpc) is 3.30. The van der Waals surface area contributed by atoms with Gasteiger partial charge in [0.15, 0.2) is 0 Å². The molecule has 0 aliphatic carbocycles. The topological polar surface area (TPSA) is 75.2 Å². The highest BCUT2D eigenvalue weighted by Gasteiger charge is 2.34. The van der Waals surface area contributed by atoms with Gasteiger partial charge in [0.25, 0.3) is 0 Å². The van der Waals surface area contributed by atoms with Crippen LogP contribution in [0.25, 0.3) is 10.6 Å². The van der Waals surface area contributed by atoms with E-state index in [1.54, 1.807) is 17.0 Å². The summed E-state index contributed by atoms with van der Waals surface area (Å²) < 4.78 is 13.0. The highest BCUT2D eigenvalue weighted by molar-refractivity contribution is 7.18. The van der Waals surface area contributed by atoms with Crippen LogP contribution in [0, 0.1) is 5.82 Å². The number of carbonyl (C=O) groups is 2. The molecule has 0 radical (unpaired) electrons. The highest BCUT2D eigenvalue weighted by atomic mass is 32.1. The summed E-state index contributed by atoms with van der Waals surface area (Å²) in [6, 6.07) is 5.50. The van der Waals surface area contributed by atoms with Crippen molar-refractivity contribution in [2.45, 2.75) is 45.1 Å². The van der Waals surface area contributed by atoms with Crippen molar-refractivity contribution in [1.82, 2.24) is 15.1 Å². The lowest BCUT2D eigenvalue weighted by Crippen LogP contribution is -2.43. The van der Waals surface area contributed by atoms with Crippen molar-refractivity contribution < 1.29 is 14.0 Å². The molecule has 0 spiro atoms. The molecule has 1 N–H and O–H groups in total. The van der Waals surface area contributed by atoms with Crippen LogP contribution in [0.5, 0.6) is 0 Å². The Morgan fingerprint density at radius 2 is 2.08 bits per heavy atom. The van der Waals surface area contributed by atoms with Gasteiger partial charge in [0, 0.05) is 18.5 Å². The van der Waals surface area contributed by atoms with Crippen molar-refractivity contribution in [2.24, 2.45) is 0 Å². The van der Waals surface area contributed by atoms with Crippen LogP contribution < -0.4 is 5.32 Å². The maximum atomic E-state index is 13.0. The number of nitrogens with one attached hydrogen (secondary N) is 1. The minimum atomic E-state index is -0.447. The maximum Gasteiger partial charge on any atom is 0.249 e. The fourth-order valence-corrected chi connectivity index (χ4v) is 3.73. The lowest BCUT2D eigenvalue weighted by molar-refractivity contribution is -0.136. The molecule has 0 unspecified atom stereocenters. The zero-order chi connectivity index (χ0) is 18.5. The van der Waals surface area contributed by atoms with Crippen LogP contribution in [0.3, 0.4) is 0 Å². The first-order valence-corrected chi connectivity index (χ1v) is 9.60. The van der Waals surface area contributed by atoms with Gasteiger partial charge in [0.05, 0.1) is 0 Å². The molecular weight excluding hydrogens is 355 g/mol. The molecule has 1 fully saturated rings. The Balaban J connectivity index is 1.64. The van der Waals surface area contributed by atoms with Gasteiger partial charge in [-0.05, 0) is 43.5 Å². The first-order chi connectivity index (χ1) is 12.6. The van der Waals surface area contributed by atoms with Crippen LogP contribution in [0.2, 0.25) is 0 Å². The van der Waals surface area contributed by atoms with E-state index in [2.05, 4.69) is 15.5 Å². The number of rotatable bonds is 6. The van der Waals surface area contributed by atoms with Gasteiger partial charge in [-0.15, -0.1) is 10.2 Å². The monoisotopic (exact) mass is 376 g/mol. The van der Waals surface area contributed by atoms with E-state index in [0.717, 1.165) is 24.8 Å². The molecule has 26 heavy (non-hydrogen) atoms.